The van der Waals surface area contributed by atoms with Crippen molar-refractivity contribution >= 4 is 15.9 Å². The number of unbranched alkanes of at least 4 members (excludes halogenated alkanes) is 1. The van der Waals surface area contributed by atoms with Gasteiger partial charge in [-0.25, -0.2) is 0 Å². The number of benzene rings is 1. The van der Waals surface area contributed by atoms with Crippen molar-refractivity contribution < 1.29 is 4.74 Å². The van der Waals surface area contributed by atoms with E-state index in [2.05, 4.69) is 52.4 Å². The molecular weight excluding hydrogens is 302 g/mol. The molecule has 0 saturated carbocycles. The molecule has 0 heterocycles. The monoisotopic (exact) mass is 327 g/mol. The molecule has 1 aromatic rings. The molecule has 1 aromatic carbocycles. The molecule has 3 heteroatoms. The van der Waals surface area contributed by atoms with Crippen LogP contribution in [0.4, 0.5) is 0 Å². The Bertz CT molecular complexity index is 343. The fourth-order valence-corrected chi connectivity index (χ4v) is 2.87. The summed E-state index contributed by atoms with van der Waals surface area (Å²) in [5.74, 6) is 0.582. The summed E-state index contributed by atoms with van der Waals surface area (Å²) >= 11 is 3.68. The van der Waals surface area contributed by atoms with E-state index in [1.165, 1.54) is 29.3 Å². The average Bonchev–Trinajstić information content (AvgIpc) is 2.42. The summed E-state index contributed by atoms with van der Waals surface area (Å²) in [7, 11) is 1.77. The summed E-state index contributed by atoms with van der Waals surface area (Å²) in [6, 6.07) is 8.58. The maximum Gasteiger partial charge on any atom is 0.0462 e. The molecule has 0 aliphatic carbocycles. The van der Waals surface area contributed by atoms with Crippen LogP contribution >= 0.6 is 15.9 Å². The molecule has 1 N–H and O–H groups in total. The summed E-state index contributed by atoms with van der Waals surface area (Å²) in [6.45, 7) is 5.23. The molecule has 0 bridgehead atoms. The number of hydrogen-bond donors (Lipinski definition) is 1. The summed E-state index contributed by atoms with van der Waals surface area (Å²) in [5, 5.41) is 3.55. The molecule has 2 nitrogen and oxygen atoms in total. The molecule has 0 aliphatic heterocycles. The quantitative estimate of drug-likeness (QED) is 0.645. The molecule has 1 unspecified atom stereocenters. The van der Waals surface area contributed by atoms with Gasteiger partial charge in [-0.1, -0.05) is 47.5 Å². The summed E-state index contributed by atoms with van der Waals surface area (Å²) in [5.41, 5.74) is 1.42. The zero-order valence-electron chi connectivity index (χ0n) is 12.1. The number of hydrogen-bond acceptors (Lipinski definition) is 2. The van der Waals surface area contributed by atoms with Gasteiger partial charge in [0.2, 0.25) is 0 Å². The number of ether oxygens (including phenoxy) is 1. The number of halogens is 1. The van der Waals surface area contributed by atoms with E-state index in [1.807, 2.05) is 0 Å². The minimum atomic E-state index is 0.582. The third-order valence-electron chi connectivity index (χ3n) is 3.31. The second-order valence-electron chi connectivity index (χ2n) is 4.91. The van der Waals surface area contributed by atoms with Crippen molar-refractivity contribution in [1.82, 2.24) is 5.32 Å². The maximum atomic E-state index is 5.13. The van der Waals surface area contributed by atoms with E-state index in [0.29, 0.717) is 5.92 Å². The van der Waals surface area contributed by atoms with Crippen LogP contribution < -0.4 is 5.32 Å². The predicted octanol–water partition coefficient (Wildman–Crippen LogP) is 4.35. The molecule has 108 valence electrons. The minimum absolute atomic E-state index is 0.582. The topological polar surface area (TPSA) is 21.3 Å². The molecular formula is C16H26BrNO. The Morgan fingerprint density at radius 2 is 2.05 bits per heavy atom. The first-order chi connectivity index (χ1) is 9.29. The smallest absolute Gasteiger partial charge is 0.0462 e. The van der Waals surface area contributed by atoms with E-state index in [-0.39, 0.29) is 0 Å². The summed E-state index contributed by atoms with van der Waals surface area (Å²) < 4.78 is 6.35. The number of nitrogens with one attached hydrogen (secondary N) is 1. The lowest BCUT2D eigenvalue weighted by atomic mass is 9.93. The van der Waals surface area contributed by atoms with Gasteiger partial charge in [-0.3, -0.25) is 0 Å². The van der Waals surface area contributed by atoms with Gasteiger partial charge >= 0.3 is 0 Å². The Morgan fingerprint density at radius 3 is 2.74 bits per heavy atom. The van der Waals surface area contributed by atoms with Crippen LogP contribution in [0.1, 0.15) is 44.1 Å². The van der Waals surface area contributed by atoms with Crippen LogP contribution in [0.2, 0.25) is 0 Å². The molecule has 0 saturated heterocycles. The Kier molecular flexibility index (Phi) is 9.14. The highest BCUT2D eigenvalue weighted by Crippen LogP contribution is 2.28. The average molecular weight is 328 g/mol. The maximum absolute atomic E-state index is 5.13. The van der Waals surface area contributed by atoms with E-state index in [1.54, 1.807) is 7.11 Å². The van der Waals surface area contributed by atoms with Crippen LogP contribution in [-0.4, -0.2) is 26.8 Å². The molecule has 19 heavy (non-hydrogen) atoms. The predicted molar refractivity (Wildman–Crippen MR) is 85.8 cm³/mol. The van der Waals surface area contributed by atoms with Gasteiger partial charge in [-0.15, -0.1) is 0 Å². The molecule has 0 amide bonds. The van der Waals surface area contributed by atoms with Crippen LogP contribution in [0, 0.1) is 0 Å². The van der Waals surface area contributed by atoms with Crippen LogP contribution in [-0.2, 0) is 4.74 Å². The van der Waals surface area contributed by atoms with Crippen LogP contribution in [0.5, 0.6) is 0 Å². The van der Waals surface area contributed by atoms with Gasteiger partial charge in [0.1, 0.15) is 0 Å². The Balaban J connectivity index is 2.55. The van der Waals surface area contributed by atoms with Crippen molar-refractivity contribution in [2.24, 2.45) is 0 Å². The summed E-state index contributed by atoms with van der Waals surface area (Å²) in [4.78, 5) is 0. The molecule has 0 aliphatic rings. The normalized spacial score (nSPS) is 12.6. The second kappa shape index (κ2) is 10.4. The first kappa shape index (κ1) is 16.7. The molecule has 0 fully saturated rings. The lowest BCUT2D eigenvalue weighted by Crippen LogP contribution is -2.22. The standard InChI is InChI=1S/C16H26BrNO/c1-3-11-18-13-14(8-6-7-12-19-2)15-9-4-5-10-16(15)17/h4-5,9-10,14,18H,3,6-8,11-13H2,1-2H3. The van der Waals surface area contributed by atoms with Crippen molar-refractivity contribution in [3.63, 3.8) is 0 Å². The van der Waals surface area contributed by atoms with Crippen molar-refractivity contribution in [2.45, 2.75) is 38.5 Å². The fraction of sp³-hybridized carbons (Fsp3) is 0.625. The van der Waals surface area contributed by atoms with Crippen molar-refractivity contribution in [3.05, 3.63) is 34.3 Å². The third kappa shape index (κ3) is 6.55. The van der Waals surface area contributed by atoms with Crippen molar-refractivity contribution in [1.29, 1.82) is 0 Å². The van der Waals surface area contributed by atoms with Crippen LogP contribution in [0.25, 0.3) is 0 Å². The Hall–Kier alpha value is -0.380. The van der Waals surface area contributed by atoms with E-state index in [9.17, 15) is 0 Å². The van der Waals surface area contributed by atoms with Gasteiger partial charge < -0.3 is 10.1 Å². The number of methoxy groups -OCH3 is 1. The first-order valence-corrected chi connectivity index (χ1v) is 8.03. The van der Waals surface area contributed by atoms with Crippen LogP contribution in [0.15, 0.2) is 28.7 Å². The highest BCUT2D eigenvalue weighted by molar-refractivity contribution is 9.10. The fourth-order valence-electron chi connectivity index (χ4n) is 2.26. The largest absolute Gasteiger partial charge is 0.385 e. The van der Waals surface area contributed by atoms with Crippen molar-refractivity contribution in [2.75, 3.05) is 26.8 Å². The highest BCUT2D eigenvalue weighted by atomic mass is 79.9. The van der Waals surface area contributed by atoms with Gasteiger partial charge in [0.25, 0.3) is 0 Å². The molecule has 1 atom stereocenters. The highest BCUT2D eigenvalue weighted by Gasteiger charge is 2.13. The van der Waals surface area contributed by atoms with E-state index >= 15 is 0 Å². The third-order valence-corrected chi connectivity index (χ3v) is 4.04. The Morgan fingerprint density at radius 1 is 1.26 bits per heavy atom. The molecule has 0 radical (unpaired) electrons. The SMILES string of the molecule is CCCNCC(CCCCOC)c1ccccc1Br. The summed E-state index contributed by atoms with van der Waals surface area (Å²) in [6.07, 6.45) is 4.76. The van der Waals surface area contributed by atoms with Gasteiger partial charge in [0.15, 0.2) is 0 Å². The second-order valence-corrected chi connectivity index (χ2v) is 5.77. The molecule has 0 spiro atoms. The lowest BCUT2D eigenvalue weighted by molar-refractivity contribution is 0.191. The Labute approximate surface area is 126 Å². The van der Waals surface area contributed by atoms with E-state index in [0.717, 1.165) is 26.1 Å². The van der Waals surface area contributed by atoms with E-state index in [4.69, 9.17) is 4.74 Å². The molecule has 0 aromatic heterocycles. The molecule has 1 rings (SSSR count). The van der Waals surface area contributed by atoms with Gasteiger partial charge in [0, 0.05) is 24.7 Å². The van der Waals surface area contributed by atoms with Gasteiger partial charge in [-0.05, 0) is 43.4 Å². The zero-order valence-corrected chi connectivity index (χ0v) is 13.7. The van der Waals surface area contributed by atoms with E-state index < -0.39 is 0 Å². The van der Waals surface area contributed by atoms with Gasteiger partial charge in [-0.2, -0.15) is 0 Å². The minimum Gasteiger partial charge on any atom is -0.385 e. The lowest BCUT2D eigenvalue weighted by Gasteiger charge is -2.19. The van der Waals surface area contributed by atoms with Crippen molar-refractivity contribution in [3.8, 4) is 0 Å². The zero-order chi connectivity index (χ0) is 13.9. The first-order valence-electron chi connectivity index (χ1n) is 7.23. The van der Waals surface area contributed by atoms with Gasteiger partial charge in [0.05, 0.1) is 0 Å². The van der Waals surface area contributed by atoms with Crippen LogP contribution in [0.3, 0.4) is 0 Å². The number of rotatable bonds is 10.